The lowest BCUT2D eigenvalue weighted by molar-refractivity contribution is -0.120. The van der Waals surface area contributed by atoms with Crippen LogP contribution in [0.1, 0.15) is 41.3 Å². The fourth-order valence-electron chi connectivity index (χ4n) is 2.85. The van der Waals surface area contributed by atoms with Crippen LogP contribution in [0.4, 0.5) is 5.82 Å². The van der Waals surface area contributed by atoms with Crippen LogP contribution < -0.4 is 5.32 Å². The lowest BCUT2D eigenvalue weighted by Crippen LogP contribution is -2.36. The first-order chi connectivity index (χ1) is 10.4. The van der Waals surface area contributed by atoms with Crippen LogP contribution in [0, 0.1) is 0 Å². The third-order valence-corrected chi connectivity index (χ3v) is 4.50. The molecule has 0 unspecified atom stereocenters. The minimum absolute atomic E-state index is 0.127. The Morgan fingerprint density at radius 1 is 1.32 bits per heavy atom. The minimum atomic E-state index is -0.970. The largest absolute Gasteiger partial charge is 0.478 e. The third kappa shape index (κ3) is 1.95. The van der Waals surface area contributed by atoms with Gasteiger partial charge in [-0.3, -0.25) is 4.79 Å². The van der Waals surface area contributed by atoms with Gasteiger partial charge < -0.3 is 10.4 Å². The highest BCUT2D eigenvalue weighted by molar-refractivity contribution is 6.05. The van der Waals surface area contributed by atoms with Crippen molar-refractivity contribution in [2.45, 2.75) is 25.2 Å². The lowest BCUT2D eigenvalue weighted by Gasteiger charge is -2.29. The normalized spacial score (nSPS) is 21.1. The fraction of sp³-hybridized carbons (Fsp3) is 0.250. The van der Waals surface area contributed by atoms with Gasteiger partial charge in [-0.05, 0) is 30.5 Å². The first kappa shape index (κ1) is 14.2. The highest BCUT2D eigenvalue weighted by atomic mass is 16.4. The number of hydrogen-bond acceptors (Lipinski definition) is 4. The van der Waals surface area contributed by atoms with Crippen LogP contribution in [-0.4, -0.2) is 27.0 Å². The number of aromatic carboxylic acids is 1. The number of carboxylic acids is 1. The number of fused-ring (bicyclic) bond motifs is 1. The minimum Gasteiger partial charge on any atom is -0.478 e. The summed E-state index contributed by atoms with van der Waals surface area (Å²) >= 11 is 0. The van der Waals surface area contributed by atoms with Crippen molar-refractivity contribution in [1.29, 1.82) is 0 Å². The van der Waals surface area contributed by atoms with Crippen molar-refractivity contribution in [2.75, 3.05) is 5.32 Å². The van der Waals surface area contributed by atoms with E-state index in [1.54, 1.807) is 30.5 Å². The number of anilines is 1. The smallest absolute Gasteiger partial charge is 0.335 e. The molecule has 2 atom stereocenters. The quantitative estimate of drug-likeness (QED) is 0.906. The SMILES string of the molecule is C[C@H](c1ccc(C(=O)O)cc1)[C@@]1(C)C(=O)Nc2ncncc21. The molecule has 22 heavy (non-hydrogen) atoms. The molecular weight excluding hydrogens is 282 g/mol. The van der Waals surface area contributed by atoms with E-state index < -0.39 is 11.4 Å². The molecule has 1 aliphatic heterocycles. The molecular formula is C16H15N3O3. The molecule has 0 saturated heterocycles. The van der Waals surface area contributed by atoms with Crippen LogP contribution in [0.5, 0.6) is 0 Å². The molecule has 0 radical (unpaired) electrons. The summed E-state index contributed by atoms with van der Waals surface area (Å²) in [5.74, 6) is -0.709. The number of nitrogens with zero attached hydrogens (tertiary/aromatic N) is 2. The Kier molecular flexibility index (Phi) is 3.16. The zero-order valence-corrected chi connectivity index (χ0v) is 12.2. The number of hydrogen-bond donors (Lipinski definition) is 2. The van der Waals surface area contributed by atoms with Gasteiger partial charge in [-0.1, -0.05) is 19.1 Å². The Balaban J connectivity index is 2.02. The van der Waals surface area contributed by atoms with E-state index in [2.05, 4.69) is 15.3 Å². The molecule has 112 valence electrons. The first-order valence-electron chi connectivity index (χ1n) is 6.89. The molecule has 0 saturated carbocycles. The van der Waals surface area contributed by atoms with Gasteiger partial charge >= 0.3 is 5.97 Å². The highest BCUT2D eigenvalue weighted by Crippen LogP contribution is 2.45. The number of aromatic nitrogens is 2. The van der Waals surface area contributed by atoms with Crippen LogP contribution in [-0.2, 0) is 10.2 Å². The van der Waals surface area contributed by atoms with Gasteiger partial charge in [-0.2, -0.15) is 0 Å². The summed E-state index contributed by atoms with van der Waals surface area (Å²) in [4.78, 5) is 31.5. The lowest BCUT2D eigenvalue weighted by atomic mass is 9.71. The summed E-state index contributed by atoms with van der Waals surface area (Å²) in [5.41, 5.74) is 1.08. The average Bonchev–Trinajstić information content (AvgIpc) is 2.79. The predicted molar refractivity (Wildman–Crippen MR) is 79.8 cm³/mol. The van der Waals surface area contributed by atoms with Crippen LogP contribution in [0.3, 0.4) is 0 Å². The van der Waals surface area contributed by atoms with E-state index >= 15 is 0 Å². The van der Waals surface area contributed by atoms with Gasteiger partial charge in [0.25, 0.3) is 0 Å². The monoisotopic (exact) mass is 297 g/mol. The second kappa shape index (κ2) is 4.91. The number of carbonyl (C=O) groups excluding carboxylic acids is 1. The number of nitrogens with one attached hydrogen (secondary N) is 1. The van der Waals surface area contributed by atoms with Crippen molar-refractivity contribution in [2.24, 2.45) is 0 Å². The zero-order chi connectivity index (χ0) is 15.9. The number of amides is 1. The van der Waals surface area contributed by atoms with Crippen molar-refractivity contribution in [1.82, 2.24) is 9.97 Å². The molecule has 3 rings (SSSR count). The molecule has 0 fully saturated rings. The van der Waals surface area contributed by atoms with E-state index in [1.165, 1.54) is 6.33 Å². The summed E-state index contributed by atoms with van der Waals surface area (Å²) in [7, 11) is 0. The van der Waals surface area contributed by atoms with E-state index in [-0.39, 0.29) is 17.4 Å². The maximum Gasteiger partial charge on any atom is 0.335 e. The molecule has 2 aromatic rings. The summed E-state index contributed by atoms with van der Waals surface area (Å²) in [6, 6.07) is 6.59. The standard InChI is InChI=1S/C16H15N3O3/c1-9(10-3-5-11(6-4-10)14(20)21)16(2)12-7-17-8-18-13(12)19-15(16)22/h3-9H,1-2H3,(H,20,21)(H,17,18,19,22)/t9-,16-/m1/s1. The molecule has 6 heteroatoms. The fourth-order valence-corrected chi connectivity index (χ4v) is 2.85. The van der Waals surface area contributed by atoms with Crippen molar-refractivity contribution in [3.8, 4) is 0 Å². The van der Waals surface area contributed by atoms with Gasteiger partial charge in [0.05, 0.1) is 11.0 Å². The van der Waals surface area contributed by atoms with Gasteiger partial charge in [0.2, 0.25) is 5.91 Å². The van der Waals surface area contributed by atoms with Crippen molar-refractivity contribution in [3.05, 3.63) is 53.5 Å². The first-order valence-corrected chi connectivity index (χ1v) is 6.89. The van der Waals surface area contributed by atoms with Crippen molar-refractivity contribution >= 4 is 17.7 Å². The number of carboxylic acid groups (broad SMARTS) is 1. The molecule has 0 bridgehead atoms. The number of benzene rings is 1. The average molecular weight is 297 g/mol. The summed E-state index contributed by atoms with van der Waals surface area (Å²) in [6.07, 6.45) is 3.06. The van der Waals surface area contributed by atoms with Gasteiger partial charge in [0.15, 0.2) is 0 Å². The Morgan fingerprint density at radius 3 is 2.64 bits per heavy atom. The summed E-state index contributed by atoms with van der Waals surface area (Å²) in [6.45, 7) is 3.80. The summed E-state index contributed by atoms with van der Waals surface area (Å²) in [5, 5.41) is 11.8. The second-order valence-corrected chi connectivity index (χ2v) is 5.59. The van der Waals surface area contributed by atoms with E-state index in [4.69, 9.17) is 5.11 Å². The highest BCUT2D eigenvalue weighted by Gasteiger charge is 2.48. The number of carbonyl (C=O) groups is 2. The van der Waals surface area contributed by atoms with Crippen molar-refractivity contribution in [3.63, 3.8) is 0 Å². The third-order valence-electron chi connectivity index (χ3n) is 4.50. The van der Waals surface area contributed by atoms with Crippen LogP contribution in [0.2, 0.25) is 0 Å². The Labute approximate surface area is 127 Å². The Bertz CT molecular complexity index is 757. The molecule has 1 aliphatic rings. The molecule has 6 nitrogen and oxygen atoms in total. The molecule has 1 aromatic heterocycles. The van der Waals surface area contributed by atoms with Crippen LogP contribution in [0.25, 0.3) is 0 Å². The maximum atomic E-state index is 12.5. The van der Waals surface area contributed by atoms with E-state index in [0.29, 0.717) is 5.82 Å². The van der Waals surface area contributed by atoms with Crippen LogP contribution >= 0.6 is 0 Å². The Morgan fingerprint density at radius 2 is 2.00 bits per heavy atom. The Hall–Kier alpha value is -2.76. The van der Waals surface area contributed by atoms with Gasteiger partial charge in [-0.25, -0.2) is 14.8 Å². The van der Waals surface area contributed by atoms with Crippen molar-refractivity contribution < 1.29 is 14.7 Å². The van der Waals surface area contributed by atoms with Gasteiger partial charge in [0, 0.05) is 11.8 Å². The second-order valence-electron chi connectivity index (χ2n) is 5.59. The van der Waals surface area contributed by atoms with Gasteiger partial charge in [0.1, 0.15) is 12.1 Å². The topological polar surface area (TPSA) is 92.2 Å². The molecule has 0 spiro atoms. The summed E-state index contributed by atoms with van der Waals surface area (Å²) < 4.78 is 0. The molecule has 2 heterocycles. The zero-order valence-electron chi connectivity index (χ0n) is 12.2. The van der Waals surface area contributed by atoms with E-state index in [9.17, 15) is 9.59 Å². The molecule has 2 N–H and O–H groups in total. The maximum absolute atomic E-state index is 12.5. The van der Waals surface area contributed by atoms with Crippen LogP contribution in [0.15, 0.2) is 36.8 Å². The molecule has 0 aliphatic carbocycles. The molecule has 1 aromatic carbocycles. The number of rotatable bonds is 3. The van der Waals surface area contributed by atoms with Gasteiger partial charge in [-0.15, -0.1) is 0 Å². The molecule has 1 amide bonds. The van der Waals surface area contributed by atoms with E-state index in [1.807, 2.05) is 13.8 Å². The predicted octanol–water partition coefficient (Wildman–Crippen LogP) is 2.19. The van der Waals surface area contributed by atoms with E-state index in [0.717, 1.165) is 11.1 Å².